The Bertz CT molecular complexity index is 381. The van der Waals surface area contributed by atoms with Gasteiger partial charge in [0.05, 0.1) is 0 Å². The molecule has 2 unspecified atom stereocenters. The van der Waals surface area contributed by atoms with E-state index >= 15 is 0 Å². The minimum absolute atomic E-state index is 0.0990. The Hall–Kier alpha value is -0.960. The van der Waals surface area contributed by atoms with E-state index in [2.05, 4.69) is 12.2 Å². The zero-order valence-electron chi connectivity index (χ0n) is 11.0. The van der Waals surface area contributed by atoms with Gasteiger partial charge in [-0.3, -0.25) is 0 Å². The second kappa shape index (κ2) is 5.79. The molecular weight excluding hydrogens is 232 g/mol. The average Bonchev–Trinajstić information content (AvgIpc) is 3.15. The Kier molecular flexibility index (Phi) is 4.33. The quantitative estimate of drug-likeness (QED) is 0.815. The average molecular weight is 253 g/mol. The molecule has 1 N–H and O–H groups in total. The number of rotatable bonds is 6. The Labute approximate surface area is 108 Å². The molecular formula is C15H21F2N. The van der Waals surface area contributed by atoms with Crippen LogP contribution in [0, 0.1) is 17.6 Å². The second-order valence-electron chi connectivity index (χ2n) is 5.32. The maximum absolute atomic E-state index is 13.5. The van der Waals surface area contributed by atoms with Crippen LogP contribution >= 0.6 is 0 Å². The highest BCUT2D eigenvalue weighted by Gasteiger charge is 2.30. The predicted molar refractivity (Wildman–Crippen MR) is 69.5 cm³/mol. The number of halogens is 2. The number of nitrogens with one attached hydrogen (secondary N) is 1. The molecule has 0 amide bonds. The lowest BCUT2D eigenvalue weighted by Gasteiger charge is -2.22. The topological polar surface area (TPSA) is 12.0 Å². The number of hydrogen-bond donors (Lipinski definition) is 1. The van der Waals surface area contributed by atoms with Crippen molar-refractivity contribution in [1.82, 2.24) is 5.32 Å². The van der Waals surface area contributed by atoms with E-state index in [1.54, 1.807) is 0 Å². The van der Waals surface area contributed by atoms with E-state index in [1.165, 1.54) is 31.0 Å². The molecule has 1 nitrogen and oxygen atoms in total. The molecule has 2 rings (SSSR count). The van der Waals surface area contributed by atoms with E-state index in [1.807, 2.05) is 6.92 Å². The first kappa shape index (κ1) is 13.5. The summed E-state index contributed by atoms with van der Waals surface area (Å²) in [7, 11) is 0. The first-order valence-corrected chi connectivity index (χ1v) is 6.80. The van der Waals surface area contributed by atoms with Crippen molar-refractivity contribution in [2.45, 2.75) is 51.6 Å². The van der Waals surface area contributed by atoms with Gasteiger partial charge < -0.3 is 5.32 Å². The molecule has 1 aliphatic rings. The van der Waals surface area contributed by atoms with Gasteiger partial charge in [0.25, 0.3) is 0 Å². The van der Waals surface area contributed by atoms with Crippen molar-refractivity contribution in [2.24, 2.45) is 5.92 Å². The van der Waals surface area contributed by atoms with Gasteiger partial charge in [-0.1, -0.05) is 13.0 Å². The molecule has 0 aromatic heterocycles. The largest absolute Gasteiger partial charge is 0.311 e. The van der Waals surface area contributed by atoms with Crippen LogP contribution in [0.4, 0.5) is 8.78 Å². The Balaban J connectivity index is 1.95. The normalized spacial score (nSPS) is 18.7. The molecule has 1 aromatic rings. The predicted octanol–water partition coefficient (Wildman–Crippen LogP) is 3.67. The SMILES string of the molecule is CCC(NC(C)Cc1c(F)cccc1F)C1CC1. The van der Waals surface area contributed by atoms with E-state index in [0.29, 0.717) is 12.5 Å². The summed E-state index contributed by atoms with van der Waals surface area (Å²) in [4.78, 5) is 0. The van der Waals surface area contributed by atoms with Gasteiger partial charge in [0, 0.05) is 17.6 Å². The number of hydrogen-bond acceptors (Lipinski definition) is 1. The van der Waals surface area contributed by atoms with Gasteiger partial charge >= 0.3 is 0 Å². The molecule has 1 fully saturated rings. The van der Waals surface area contributed by atoms with Crippen molar-refractivity contribution in [1.29, 1.82) is 0 Å². The summed E-state index contributed by atoms with van der Waals surface area (Å²) < 4.78 is 27.1. The lowest BCUT2D eigenvalue weighted by molar-refractivity contribution is 0.390. The van der Waals surface area contributed by atoms with Crippen LogP contribution in [0.15, 0.2) is 18.2 Å². The first-order valence-electron chi connectivity index (χ1n) is 6.80. The lowest BCUT2D eigenvalue weighted by atomic mass is 10.0. The molecule has 18 heavy (non-hydrogen) atoms. The van der Waals surface area contributed by atoms with Gasteiger partial charge in [0.15, 0.2) is 0 Å². The van der Waals surface area contributed by atoms with Crippen LogP contribution in [0.2, 0.25) is 0 Å². The van der Waals surface area contributed by atoms with Gasteiger partial charge in [0.2, 0.25) is 0 Å². The van der Waals surface area contributed by atoms with E-state index in [0.717, 1.165) is 12.3 Å². The zero-order chi connectivity index (χ0) is 13.1. The van der Waals surface area contributed by atoms with Crippen LogP contribution < -0.4 is 5.32 Å². The molecule has 2 atom stereocenters. The van der Waals surface area contributed by atoms with Gasteiger partial charge in [-0.25, -0.2) is 8.78 Å². The second-order valence-corrected chi connectivity index (χ2v) is 5.32. The lowest BCUT2D eigenvalue weighted by Crippen LogP contribution is -2.39. The molecule has 0 aliphatic heterocycles. The highest BCUT2D eigenvalue weighted by Crippen LogP contribution is 2.34. The van der Waals surface area contributed by atoms with Gasteiger partial charge in [0.1, 0.15) is 11.6 Å². The third kappa shape index (κ3) is 3.29. The highest BCUT2D eigenvalue weighted by molar-refractivity contribution is 5.20. The molecule has 0 radical (unpaired) electrons. The zero-order valence-corrected chi connectivity index (χ0v) is 11.0. The van der Waals surface area contributed by atoms with Crippen LogP contribution in [0.1, 0.15) is 38.7 Å². The first-order chi connectivity index (χ1) is 8.61. The van der Waals surface area contributed by atoms with Crippen molar-refractivity contribution in [2.75, 3.05) is 0 Å². The summed E-state index contributed by atoms with van der Waals surface area (Å²) in [5.41, 5.74) is 0.197. The van der Waals surface area contributed by atoms with Crippen molar-refractivity contribution in [3.8, 4) is 0 Å². The number of benzene rings is 1. The summed E-state index contributed by atoms with van der Waals surface area (Å²) >= 11 is 0. The molecule has 1 aromatic carbocycles. The fourth-order valence-electron chi connectivity index (χ4n) is 2.54. The molecule has 1 saturated carbocycles. The van der Waals surface area contributed by atoms with Crippen molar-refractivity contribution < 1.29 is 8.78 Å². The third-order valence-electron chi connectivity index (χ3n) is 3.70. The molecule has 1 aliphatic carbocycles. The molecule has 100 valence electrons. The van der Waals surface area contributed by atoms with Crippen LogP contribution in [-0.4, -0.2) is 12.1 Å². The molecule has 3 heteroatoms. The van der Waals surface area contributed by atoms with Gasteiger partial charge in [-0.15, -0.1) is 0 Å². The summed E-state index contributed by atoms with van der Waals surface area (Å²) in [6, 6.07) is 4.65. The maximum atomic E-state index is 13.5. The van der Waals surface area contributed by atoms with Crippen molar-refractivity contribution >= 4 is 0 Å². The van der Waals surface area contributed by atoms with Gasteiger partial charge in [-0.05, 0) is 50.7 Å². The third-order valence-corrected chi connectivity index (χ3v) is 3.70. The van der Waals surface area contributed by atoms with Crippen molar-refractivity contribution in [3.63, 3.8) is 0 Å². The highest BCUT2D eigenvalue weighted by atomic mass is 19.1. The van der Waals surface area contributed by atoms with E-state index in [9.17, 15) is 8.78 Å². The van der Waals surface area contributed by atoms with Crippen LogP contribution in [-0.2, 0) is 6.42 Å². The van der Waals surface area contributed by atoms with Crippen LogP contribution in [0.25, 0.3) is 0 Å². The summed E-state index contributed by atoms with van der Waals surface area (Å²) in [6.07, 6.45) is 4.05. The minimum Gasteiger partial charge on any atom is -0.311 e. The minimum atomic E-state index is -0.442. The monoisotopic (exact) mass is 253 g/mol. The van der Waals surface area contributed by atoms with Gasteiger partial charge in [-0.2, -0.15) is 0 Å². The standard InChI is InChI=1S/C15H21F2N/c1-3-15(11-7-8-11)18-10(2)9-12-13(16)5-4-6-14(12)17/h4-6,10-11,15,18H,3,7-9H2,1-2H3. The fourth-order valence-corrected chi connectivity index (χ4v) is 2.54. The fraction of sp³-hybridized carbons (Fsp3) is 0.600. The van der Waals surface area contributed by atoms with Crippen LogP contribution in [0.5, 0.6) is 0 Å². The molecule has 0 bridgehead atoms. The summed E-state index contributed by atoms with van der Waals surface area (Å²) in [5, 5.41) is 3.50. The van der Waals surface area contributed by atoms with E-state index in [4.69, 9.17) is 0 Å². The smallest absolute Gasteiger partial charge is 0.129 e. The summed E-state index contributed by atoms with van der Waals surface area (Å²) in [5.74, 6) is -0.117. The summed E-state index contributed by atoms with van der Waals surface area (Å²) in [6.45, 7) is 4.16. The maximum Gasteiger partial charge on any atom is 0.129 e. The van der Waals surface area contributed by atoms with Crippen LogP contribution in [0.3, 0.4) is 0 Å². The van der Waals surface area contributed by atoms with E-state index in [-0.39, 0.29) is 11.6 Å². The van der Waals surface area contributed by atoms with E-state index < -0.39 is 11.6 Å². The van der Waals surface area contributed by atoms with Crippen molar-refractivity contribution in [3.05, 3.63) is 35.4 Å². The Morgan fingerprint density at radius 1 is 1.28 bits per heavy atom. The Morgan fingerprint density at radius 3 is 2.39 bits per heavy atom. The molecule has 0 saturated heterocycles. The molecule has 0 heterocycles. The molecule has 0 spiro atoms. The Morgan fingerprint density at radius 2 is 1.89 bits per heavy atom.